The number of esters is 1. The van der Waals surface area contributed by atoms with Crippen LogP contribution >= 0.6 is 0 Å². The lowest BCUT2D eigenvalue weighted by Crippen LogP contribution is -2.29. The minimum atomic E-state index is -3.34. The monoisotopic (exact) mass is 256 g/mol. The minimum Gasteiger partial charge on any atom is -0.456 e. The largest absolute Gasteiger partial charge is 0.456 e. The van der Waals surface area contributed by atoms with Crippen LogP contribution in [0.1, 0.15) is 24.9 Å². The molecule has 2 atom stereocenters. The second-order valence-electron chi connectivity index (χ2n) is 4.35. The van der Waals surface area contributed by atoms with E-state index < -0.39 is 24.4 Å². The molecule has 2 unspecified atom stereocenters. The number of halogens is 2. The summed E-state index contributed by atoms with van der Waals surface area (Å²) in [5, 5.41) is 3.05. The molecule has 1 aliphatic rings. The maximum atomic E-state index is 12.9. The number of rotatable bonds is 4. The molecule has 0 aliphatic carbocycles. The minimum absolute atomic E-state index is 0.0355. The molecule has 2 rings (SSSR count). The molecular formula is C12H14F2N2O2. The Morgan fingerprint density at radius 3 is 3.00 bits per heavy atom. The summed E-state index contributed by atoms with van der Waals surface area (Å²) < 4.78 is 30.4. The van der Waals surface area contributed by atoms with Crippen LogP contribution < -0.4 is 5.32 Å². The van der Waals surface area contributed by atoms with Crippen molar-refractivity contribution in [2.75, 3.05) is 6.54 Å². The van der Waals surface area contributed by atoms with Crippen LogP contribution in [0.4, 0.5) is 8.78 Å². The number of carbonyl (C=O) groups is 1. The molecule has 0 saturated carbocycles. The van der Waals surface area contributed by atoms with Crippen molar-refractivity contribution in [1.82, 2.24) is 10.3 Å². The third-order valence-corrected chi connectivity index (χ3v) is 2.89. The summed E-state index contributed by atoms with van der Waals surface area (Å²) >= 11 is 0. The van der Waals surface area contributed by atoms with E-state index in [0.29, 0.717) is 0 Å². The van der Waals surface area contributed by atoms with Gasteiger partial charge in [-0.05, 0) is 18.6 Å². The number of pyridine rings is 1. The van der Waals surface area contributed by atoms with Gasteiger partial charge in [0.15, 0.2) is 0 Å². The van der Waals surface area contributed by atoms with Gasteiger partial charge in [-0.3, -0.25) is 4.98 Å². The van der Waals surface area contributed by atoms with Gasteiger partial charge in [0.2, 0.25) is 0 Å². The number of cyclic esters (lactones) is 1. The van der Waals surface area contributed by atoms with Crippen LogP contribution in [0.3, 0.4) is 0 Å². The molecule has 1 fully saturated rings. The fourth-order valence-electron chi connectivity index (χ4n) is 1.82. The van der Waals surface area contributed by atoms with E-state index in [9.17, 15) is 13.6 Å². The van der Waals surface area contributed by atoms with Gasteiger partial charge in [0, 0.05) is 25.0 Å². The summed E-state index contributed by atoms with van der Waals surface area (Å²) in [4.78, 5) is 14.8. The Hall–Kier alpha value is -1.56. The lowest BCUT2D eigenvalue weighted by atomic mass is 10.1. The Bertz CT molecular complexity index is 425. The first-order valence-corrected chi connectivity index (χ1v) is 5.71. The first-order chi connectivity index (χ1) is 8.49. The van der Waals surface area contributed by atoms with E-state index in [4.69, 9.17) is 0 Å². The van der Waals surface area contributed by atoms with Gasteiger partial charge < -0.3 is 10.1 Å². The summed E-state index contributed by atoms with van der Waals surface area (Å²) in [5.74, 6) is -4.77. The highest BCUT2D eigenvalue weighted by atomic mass is 19.3. The van der Waals surface area contributed by atoms with E-state index >= 15 is 0 Å². The van der Waals surface area contributed by atoms with Gasteiger partial charge in [-0.25, -0.2) is 4.79 Å². The smallest absolute Gasteiger partial charge is 0.377 e. The van der Waals surface area contributed by atoms with Gasteiger partial charge in [0.25, 0.3) is 0 Å². The quantitative estimate of drug-likeness (QED) is 0.833. The number of hydrogen-bond acceptors (Lipinski definition) is 4. The molecule has 1 saturated heterocycles. The molecule has 1 aliphatic heterocycles. The number of carbonyl (C=O) groups excluding carboxylic acids is 1. The Morgan fingerprint density at radius 1 is 1.67 bits per heavy atom. The summed E-state index contributed by atoms with van der Waals surface area (Å²) in [7, 11) is 0. The maximum Gasteiger partial charge on any atom is 0.377 e. The van der Waals surface area contributed by atoms with Crippen molar-refractivity contribution >= 4 is 5.97 Å². The zero-order valence-electron chi connectivity index (χ0n) is 9.90. The van der Waals surface area contributed by atoms with E-state index in [1.54, 1.807) is 18.5 Å². The SMILES string of the molecule is CC(NCC1CC(F)(F)C(=O)O1)c1cccnc1. The third-order valence-electron chi connectivity index (χ3n) is 2.89. The standard InChI is InChI=1S/C12H14F2N2O2/c1-8(9-3-2-4-15-6-9)16-7-10-5-12(13,14)11(17)18-10/h2-4,6,8,10,16H,5,7H2,1H3. The maximum absolute atomic E-state index is 12.9. The van der Waals surface area contributed by atoms with Crippen LogP contribution in [0, 0.1) is 0 Å². The highest BCUT2D eigenvalue weighted by molar-refractivity contribution is 5.79. The van der Waals surface area contributed by atoms with Gasteiger partial charge in [0.1, 0.15) is 6.10 Å². The van der Waals surface area contributed by atoms with Crippen LogP contribution in [0.5, 0.6) is 0 Å². The molecule has 1 aromatic heterocycles. The van der Waals surface area contributed by atoms with Gasteiger partial charge >= 0.3 is 11.9 Å². The van der Waals surface area contributed by atoms with Crippen molar-refractivity contribution in [3.63, 3.8) is 0 Å². The summed E-state index contributed by atoms with van der Waals surface area (Å²) in [6, 6.07) is 3.66. The number of hydrogen-bond donors (Lipinski definition) is 1. The zero-order valence-corrected chi connectivity index (χ0v) is 9.90. The van der Waals surface area contributed by atoms with Crippen molar-refractivity contribution in [2.24, 2.45) is 0 Å². The molecule has 2 heterocycles. The van der Waals surface area contributed by atoms with E-state index in [0.717, 1.165) is 5.56 Å². The Morgan fingerprint density at radius 2 is 2.44 bits per heavy atom. The lowest BCUT2D eigenvalue weighted by molar-refractivity contribution is -0.159. The van der Waals surface area contributed by atoms with Crippen LogP contribution in [-0.4, -0.2) is 29.5 Å². The fourth-order valence-corrected chi connectivity index (χ4v) is 1.82. The Labute approximate surface area is 103 Å². The summed E-state index contributed by atoms with van der Waals surface area (Å²) in [6.45, 7) is 2.10. The lowest BCUT2D eigenvalue weighted by Gasteiger charge is -2.16. The first-order valence-electron chi connectivity index (χ1n) is 5.71. The number of ether oxygens (including phenoxy) is 1. The normalized spacial score (nSPS) is 23.7. The van der Waals surface area contributed by atoms with Crippen molar-refractivity contribution in [1.29, 1.82) is 0 Å². The van der Waals surface area contributed by atoms with Gasteiger partial charge in [-0.15, -0.1) is 0 Å². The summed E-state index contributed by atoms with van der Waals surface area (Å²) in [6.07, 6.45) is 2.03. The van der Waals surface area contributed by atoms with Crippen LogP contribution in [0.2, 0.25) is 0 Å². The third kappa shape index (κ3) is 2.81. The van der Waals surface area contributed by atoms with E-state index in [1.807, 2.05) is 13.0 Å². The number of alkyl halides is 2. The highest BCUT2D eigenvalue weighted by Gasteiger charge is 2.50. The molecule has 0 radical (unpaired) electrons. The second kappa shape index (κ2) is 4.97. The molecule has 0 spiro atoms. The average Bonchev–Trinajstić information content (AvgIpc) is 2.61. The molecule has 18 heavy (non-hydrogen) atoms. The van der Waals surface area contributed by atoms with Gasteiger partial charge in [-0.1, -0.05) is 6.07 Å². The average molecular weight is 256 g/mol. The van der Waals surface area contributed by atoms with E-state index in [2.05, 4.69) is 15.0 Å². The molecule has 6 heteroatoms. The van der Waals surface area contributed by atoms with E-state index in [1.165, 1.54) is 0 Å². The second-order valence-corrected chi connectivity index (χ2v) is 4.35. The molecule has 1 aromatic rings. The molecular weight excluding hydrogens is 242 g/mol. The predicted octanol–water partition coefficient (Wildman–Crippen LogP) is 1.68. The number of nitrogens with one attached hydrogen (secondary N) is 1. The first kappa shape index (κ1) is 12.9. The van der Waals surface area contributed by atoms with Gasteiger partial charge in [-0.2, -0.15) is 8.78 Å². The van der Waals surface area contributed by atoms with Crippen LogP contribution in [0.15, 0.2) is 24.5 Å². The molecule has 1 N–H and O–H groups in total. The summed E-state index contributed by atoms with van der Waals surface area (Å²) in [5.41, 5.74) is 0.952. The molecule has 0 aromatic carbocycles. The molecule has 4 nitrogen and oxygen atoms in total. The fraction of sp³-hybridized carbons (Fsp3) is 0.500. The Kier molecular flexibility index (Phi) is 3.56. The zero-order chi connectivity index (χ0) is 13.2. The van der Waals surface area contributed by atoms with Crippen molar-refractivity contribution in [3.05, 3.63) is 30.1 Å². The number of aromatic nitrogens is 1. The molecule has 0 bridgehead atoms. The molecule has 0 amide bonds. The van der Waals surface area contributed by atoms with Crippen molar-refractivity contribution in [3.8, 4) is 0 Å². The van der Waals surface area contributed by atoms with Crippen LogP contribution in [0.25, 0.3) is 0 Å². The van der Waals surface area contributed by atoms with Crippen LogP contribution in [-0.2, 0) is 9.53 Å². The Balaban J connectivity index is 1.85. The van der Waals surface area contributed by atoms with Crippen molar-refractivity contribution < 1.29 is 18.3 Å². The topological polar surface area (TPSA) is 51.2 Å². The predicted molar refractivity (Wildman–Crippen MR) is 60.1 cm³/mol. The van der Waals surface area contributed by atoms with Gasteiger partial charge in [0.05, 0.1) is 6.42 Å². The van der Waals surface area contributed by atoms with Crippen molar-refractivity contribution in [2.45, 2.75) is 31.4 Å². The molecule has 98 valence electrons. The number of nitrogens with zero attached hydrogens (tertiary/aromatic N) is 1. The highest BCUT2D eigenvalue weighted by Crippen LogP contribution is 2.30. The van der Waals surface area contributed by atoms with E-state index in [-0.39, 0.29) is 12.6 Å².